The summed E-state index contributed by atoms with van der Waals surface area (Å²) in [6.07, 6.45) is 0.151. The zero-order valence-electron chi connectivity index (χ0n) is 11.0. The van der Waals surface area contributed by atoms with Crippen molar-refractivity contribution in [3.63, 3.8) is 0 Å². The maximum atomic E-state index is 12.4. The summed E-state index contributed by atoms with van der Waals surface area (Å²) in [5.74, 6) is 1.92. The van der Waals surface area contributed by atoms with Gasteiger partial charge in [-0.15, -0.1) is 21.8 Å². The zero-order valence-corrected chi connectivity index (χ0v) is 11.7. The van der Waals surface area contributed by atoms with Gasteiger partial charge in [-0.25, -0.2) is 0 Å². The second-order valence-electron chi connectivity index (χ2n) is 5.14. The highest BCUT2D eigenvalue weighted by Crippen LogP contribution is 2.31. The van der Waals surface area contributed by atoms with Gasteiger partial charge in [0, 0.05) is 12.4 Å². The molecule has 112 valence electrons. The Kier molecular flexibility index (Phi) is 5.07. The van der Waals surface area contributed by atoms with Crippen LogP contribution in [0.15, 0.2) is 12.1 Å². The Balaban J connectivity index is 1.90. The average Bonchev–Trinajstić information content (AvgIpc) is 2.45. The third-order valence-corrected chi connectivity index (χ3v) is 4.16. The van der Waals surface area contributed by atoms with E-state index in [-0.39, 0.29) is 0 Å². The van der Waals surface area contributed by atoms with Gasteiger partial charge < -0.3 is 5.32 Å². The minimum Gasteiger partial charge on any atom is -0.368 e. The molecule has 1 fully saturated rings. The molecular formula is C13H17ClF3N3. The monoisotopic (exact) mass is 307 g/mol. The summed E-state index contributed by atoms with van der Waals surface area (Å²) in [6.45, 7) is 0.678. The Morgan fingerprint density at radius 2 is 1.85 bits per heavy atom. The fourth-order valence-corrected chi connectivity index (χ4v) is 2.98. The standard InChI is InChI=1S/C13H17ClF3N3/c14-7-9-3-1-2-4-10(9)8-18-12-6-5-11(19-20-12)13(15,16)17/h5-6,9-10H,1-4,7-8H2,(H,18,20). The van der Waals surface area contributed by atoms with Gasteiger partial charge in [0.05, 0.1) is 0 Å². The fraction of sp³-hybridized carbons (Fsp3) is 0.692. The summed E-state index contributed by atoms with van der Waals surface area (Å²) in [7, 11) is 0. The Labute approximate surface area is 120 Å². The number of hydrogen-bond donors (Lipinski definition) is 1. The first-order valence-electron chi connectivity index (χ1n) is 6.71. The lowest BCUT2D eigenvalue weighted by molar-refractivity contribution is -0.141. The van der Waals surface area contributed by atoms with Crippen molar-refractivity contribution in [2.75, 3.05) is 17.7 Å². The third kappa shape index (κ3) is 3.98. The third-order valence-electron chi connectivity index (χ3n) is 3.77. The lowest BCUT2D eigenvalue weighted by Gasteiger charge is -2.30. The normalized spacial score (nSPS) is 23.6. The molecule has 0 aliphatic heterocycles. The van der Waals surface area contributed by atoms with Crippen LogP contribution in [0.3, 0.4) is 0 Å². The van der Waals surface area contributed by atoms with Crippen molar-refractivity contribution < 1.29 is 13.2 Å². The molecule has 2 atom stereocenters. The molecule has 0 aromatic carbocycles. The Bertz CT molecular complexity index is 422. The van der Waals surface area contributed by atoms with E-state index in [9.17, 15) is 13.2 Å². The van der Waals surface area contributed by atoms with E-state index >= 15 is 0 Å². The molecule has 2 unspecified atom stereocenters. The first-order valence-corrected chi connectivity index (χ1v) is 7.25. The summed E-state index contributed by atoms with van der Waals surface area (Å²) >= 11 is 5.95. The number of hydrogen-bond acceptors (Lipinski definition) is 3. The van der Waals surface area contributed by atoms with Crippen LogP contribution >= 0.6 is 11.6 Å². The average molecular weight is 308 g/mol. The maximum absolute atomic E-state index is 12.4. The molecule has 0 radical (unpaired) electrons. The predicted molar refractivity (Wildman–Crippen MR) is 71.7 cm³/mol. The topological polar surface area (TPSA) is 37.8 Å². The first-order chi connectivity index (χ1) is 9.50. The largest absolute Gasteiger partial charge is 0.435 e. The minimum absolute atomic E-state index is 0.372. The van der Waals surface area contributed by atoms with Gasteiger partial charge in [0.15, 0.2) is 5.69 Å². The lowest BCUT2D eigenvalue weighted by Crippen LogP contribution is -2.27. The Morgan fingerprint density at radius 3 is 2.40 bits per heavy atom. The first kappa shape index (κ1) is 15.4. The SMILES string of the molecule is FC(F)(F)c1ccc(NCC2CCCCC2CCl)nn1. The molecule has 2 rings (SSSR count). The second kappa shape index (κ2) is 6.61. The number of halogens is 4. The van der Waals surface area contributed by atoms with Crippen LogP contribution in [0.2, 0.25) is 0 Å². The molecule has 1 saturated carbocycles. The van der Waals surface area contributed by atoms with Crippen LogP contribution in [-0.4, -0.2) is 22.6 Å². The quantitative estimate of drug-likeness (QED) is 0.856. The molecule has 0 spiro atoms. The van der Waals surface area contributed by atoms with E-state index < -0.39 is 11.9 Å². The number of aromatic nitrogens is 2. The number of nitrogens with one attached hydrogen (secondary N) is 1. The number of anilines is 1. The van der Waals surface area contributed by atoms with Crippen molar-refractivity contribution >= 4 is 17.4 Å². The summed E-state index contributed by atoms with van der Waals surface area (Å²) in [5, 5.41) is 9.81. The Morgan fingerprint density at radius 1 is 1.15 bits per heavy atom. The van der Waals surface area contributed by atoms with E-state index in [0.717, 1.165) is 18.9 Å². The zero-order chi connectivity index (χ0) is 14.6. The van der Waals surface area contributed by atoms with Crippen LogP contribution in [0, 0.1) is 11.8 Å². The van der Waals surface area contributed by atoms with Crippen LogP contribution in [0.4, 0.5) is 19.0 Å². The molecule has 1 aromatic rings. The predicted octanol–water partition coefficient (Wildman–Crippen LogP) is 3.95. The highest BCUT2D eigenvalue weighted by Gasteiger charge is 2.33. The molecular weight excluding hydrogens is 291 g/mol. The lowest BCUT2D eigenvalue weighted by atomic mass is 9.80. The summed E-state index contributed by atoms with van der Waals surface area (Å²) in [6, 6.07) is 2.25. The molecule has 1 N–H and O–H groups in total. The number of rotatable bonds is 4. The van der Waals surface area contributed by atoms with E-state index in [1.807, 2.05) is 0 Å². The smallest absolute Gasteiger partial charge is 0.368 e. The van der Waals surface area contributed by atoms with E-state index in [1.54, 1.807) is 0 Å². The van der Waals surface area contributed by atoms with Crippen molar-refractivity contribution in [3.8, 4) is 0 Å². The molecule has 7 heteroatoms. The molecule has 1 aliphatic carbocycles. The van der Waals surface area contributed by atoms with Gasteiger partial charge in [-0.3, -0.25) is 0 Å². The molecule has 0 bridgehead atoms. The molecule has 1 heterocycles. The highest BCUT2D eigenvalue weighted by atomic mass is 35.5. The van der Waals surface area contributed by atoms with E-state index in [4.69, 9.17) is 11.6 Å². The Hall–Kier alpha value is -1.04. The van der Waals surface area contributed by atoms with Crippen molar-refractivity contribution in [2.24, 2.45) is 11.8 Å². The van der Waals surface area contributed by atoms with Crippen molar-refractivity contribution in [1.29, 1.82) is 0 Å². The molecule has 1 aromatic heterocycles. The van der Waals surface area contributed by atoms with Crippen LogP contribution in [0.5, 0.6) is 0 Å². The fourth-order valence-electron chi connectivity index (χ4n) is 2.57. The van der Waals surface area contributed by atoms with Gasteiger partial charge in [-0.05, 0) is 36.8 Å². The molecule has 0 saturated heterocycles. The summed E-state index contributed by atoms with van der Waals surface area (Å²) in [4.78, 5) is 0. The van der Waals surface area contributed by atoms with Crippen molar-refractivity contribution in [2.45, 2.75) is 31.9 Å². The van der Waals surface area contributed by atoms with E-state index in [1.165, 1.54) is 18.9 Å². The second-order valence-corrected chi connectivity index (χ2v) is 5.45. The number of alkyl halides is 4. The minimum atomic E-state index is -4.45. The van der Waals surface area contributed by atoms with Crippen LogP contribution in [-0.2, 0) is 6.18 Å². The van der Waals surface area contributed by atoms with Gasteiger partial charge in [-0.1, -0.05) is 12.8 Å². The van der Waals surface area contributed by atoms with Crippen LogP contribution in [0.1, 0.15) is 31.4 Å². The molecule has 20 heavy (non-hydrogen) atoms. The van der Waals surface area contributed by atoms with Gasteiger partial charge >= 0.3 is 6.18 Å². The number of nitrogens with zero attached hydrogens (tertiary/aromatic N) is 2. The van der Waals surface area contributed by atoms with Gasteiger partial charge in [0.2, 0.25) is 0 Å². The molecule has 0 amide bonds. The summed E-state index contributed by atoms with van der Waals surface area (Å²) in [5.41, 5.74) is -0.973. The van der Waals surface area contributed by atoms with Crippen molar-refractivity contribution in [1.82, 2.24) is 10.2 Å². The molecule has 3 nitrogen and oxygen atoms in total. The van der Waals surface area contributed by atoms with Crippen molar-refractivity contribution in [3.05, 3.63) is 17.8 Å². The van der Waals surface area contributed by atoms with Crippen LogP contribution < -0.4 is 5.32 Å². The summed E-state index contributed by atoms with van der Waals surface area (Å²) < 4.78 is 37.1. The van der Waals surface area contributed by atoms with Gasteiger partial charge in [0.1, 0.15) is 5.82 Å². The van der Waals surface area contributed by atoms with Gasteiger partial charge in [-0.2, -0.15) is 13.2 Å². The van der Waals surface area contributed by atoms with E-state index in [2.05, 4.69) is 15.5 Å². The highest BCUT2D eigenvalue weighted by molar-refractivity contribution is 6.18. The molecule has 1 aliphatic rings. The van der Waals surface area contributed by atoms with Crippen LogP contribution in [0.25, 0.3) is 0 Å². The maximum Gasteiger partial charge on any atom is 0.435 e. The van der Waals surface area contributed by atoms with Gasteiger partial charge in [0.25, 0.3) is 0 Å². The van der Waals surface area contributed by atoms with E-state index in [0.29, 0.717) is 30.1 Å².